The molecule has 1 heterocycles. The molecule has 0 saturated carbocycles. The van der Waals surface area contributed by atoms with E-state index in [1.165, 1.54) is 23.4 Å². The Bertz CT molecular complexity index is 404. The molecule has 6 nitrogen and oxygen atoms in total. The van der Waals surface area contributed by atoms with Crippen molar-refractivity contribution in [1.82, 2.24) is 15.2 Å². The number of nitrogens with one attached hydrogen (secondary N) is 1. The molecule has 0 aliphatic carbocycles. The van der Waals surface area contributed by atoms with Crippen molar-refractivity contribution in [2.45, 2.75) is 0 Å². The highest BCUT2D eigenvalue weighted by Gasteiger charge is 2.09. The Morgan fingerprint density at radius 3 is 2.69 bits per heavy atom. The summed E-state index contributed by atoms with van der Waals surface area (Å²) >= 11 is 0. The molecule has 0 aliphatic rings. The van der Waals surface area contributed by atoms with Gasteiger partial charge in [-0.25, -0.2) is 0 Å². The number of pyridine rings is 1. The summed E-state index contributed by atoms with van der Waals surface area (Å²) in [5.74, 6) is -0.744. The van der Waals surface area contributed by atoms with Crippen molar-refractivity contribution in [3.05, 3.63) is 24.0 Å². The predicted octanol–water partition coefficient (Wildman–Crippen LogP) is -0.395. The van der Waals surface area contributed by atoms with Crippen molar-refractivity contribution in [2.75, 3.05) is 20.6 Å². The highest BCUT2D eigenvalue weighted by molar-refractivity contribution is 5.96. The highest BCUT2D eigenvalue weighted by Crippen LogP contribution is 2.07. The largest absolute Gasteiger partial charge is 0.506 e. The fraction of sp³-hybridized carbons (Fsp3) is 0.300. The quantitative estimate of drug-likeness (QED) is 0.730. The van der Waals surface area contributed by atoms with Crippen molar-refractivity contribution in [2.24, 2.45) is 0 Å². The first-order chi connectivity index (χ1) is 7.50. The van der Waals surface area contributed by atoms with Crippen LogP contribution in [0.5, 0.6) is 5.75 Å². The van der Waals surface area contributed by atoms with Gasteiger partial charge in [0.05, 0.1) is 18.3 Å². The fourth-order valence-corrected chi connectivity index (χ4v) is 0.968. The van der Waals surface area contributed by atoms with Crippen LogP contribution in [-0.2, 0) is 4.79 Å². The summed E-state index contributed by atoms with van der Waals surface area (Å²) in [5.41, 5.74) is 0.214. The molecule has 16 heavy (non-hydrogen) atoms. The van der Waals surface area contributed by atoms with Gasteiger partial charge in [-0.2, -0.15) is 0 Å². The van der Waals surface area contributed by atoms with Crippen molar-refractivity contribution >= 4 is 11.8 Å². The van der Waals surface area contributed by atoms with Crippen LogP contribution < -0.4 is 5.32 Å². The van der Waals surface area contributed by atoms with Gasteiger partial charge in [-0.1, -0.05) is 0 Å². The van der Waals surface area contributed by atoms with Crippen molar-refractivity contribution in [1.29, 1.82) is 0 Å². The molecular formula is C10H13N3O3. The first-order valence-corrected chi connectivity index (χ1v) is 4.63. The summed E-state index contributed by atoms with van der Waals surface area (Å²) in [7, 11) is 3.20. The molecule has 2 amide bonds. The first-order valence-electron chi connectivity index (χ1n) is 4.63. The summed E-state index contributed by atoms with van der Waals surface area (Å²) in [5, 5.41) is 11.5. The van der Waals surface area contributed by atoms with Crippen molar-refractivity contribution < 1.29 is 14.7 Å². The van der Waals surface area contributed by atoms with Gasteiger partial charge in [0, 0.05) is 20.3 Å². The number of likely N-dealkylation sites (N-methyl/N-ethyl adjacent to an activating group) is 1. The topological polar surface area (TPSA) is 82.5 Å². The number of aromatic hydroxyl groups is 1. The zero-order valence-electron chi connectivity index (χ0n) is 9.10. The average molecular weight is 223 g/mol. The standard InChI is InChI=1S/C10H13N3O3/c1-13(2)9(15)6-12-10(16)7-3-8(14)5-11-4-7/h3-5,14H,6H2,1-2H3,(H,12,16). The van der Waals surface area contributed by atoms with E-state index in [1.54, 1.807) is 14.1 Å². The number of hydrogen-bond acceptors (Lipinski definition) is 4. The summed E-state index contributed by atoms with van der Waals surface area (Å²) in [4.78, 5) is 27.7. The molecule has 0 spiro atoms. The Kier molecular flexibility index (Phi) is 3.82. The van der Waals surface area contributed by atoms with Gasteiger partial charge in [-0.05, 0) is 6.07 Å². The van der Waals surface area contributed by atoms with Crippen LogP contribution in [0.4, 0.5) is 0 Å². The van der Waals surface area contributed by atoms with E-state index < -0.39 is 5.91 Å². The lowest BCUT2D eigenvalue weighted by Crippen LogP contribution is -2.36. The van der Waals surface area contributed by atoms with Crippen molar-refractivity contribution in [3.63, 3.8) is 0 Å². The molecule has 0 saturated heterocycles. The van der Waals surface area contributed by atoms with E-state index in [2.05, 4.69) is 10.3 Å². The number of carbonyl (C=O) groups is 2. The molecule has 1 rings (SSSR count). The molecule has 0 bridgehead atoms. The van der Waals surface area contributed by atoms with Gasteiger partial charge in [0.1, 0.15) is 5.75 Å². The Morgan fingerprint density at radius 2 is 2.12 bits per heavy atom. The Labute approximate surface area is 92.9 Å². The number of amides is 2. The third-order valence-corrected chi connectivity index (χ3v) is 1.88. The van der Waals surface area contributed by atoms with E-state index in [0.717, 1.165) is 0 Å². The minimum absolute atomic E-state index is 0.0819. The summed E-state index contributed by atoms with van der Waals surface area (Å²) in [6.07, 6.45) is 2.54. The number of nitrogens with zero attached hydrogens (tertiary/aromatic N) is 2. The second-order valence-electron chi connectivity index (χ2n) is 3.40. The molecule has 0 aliphatic heterocycles. The van der Waals surface area contributed by atoms with Crippen LogP contribution in [0.25, 0.3) is 0 Å². The van der Waals surface area contributed by atoms with Gasteiger partial charge in [0.2, 0.25) is 5.91 Å². The van der Waals surface area contributed by atoms with Crippen LogP contribution in [0.15, 0.2) is 18.5 Å². The maximum Gasteiger partial charge on any atom is 0.253 e. The third kappa shape index (κ3) is 3.23. The van der Waals surface area contributed by atoms with E-state index >= 15 is 0 Å². The smallest absolute Gasteiger partial charge is 0.253 e. The summed E-state index contributed by atoms with van der Waals surface area (Å²) in [6.45, 7) is -0.0819. The van der Waals surface area contributed by atoms with Crippen molar-refractivity contribution in [3.8, 4) is 5.75 Å². The van der Waals surface area contributed by atoms with E-state index in [0.29, 0.717) is 0 Å². The number of rotatable bonds is 3. The highest BCUT2D eigenvalue weighted by atomic mass is 16.3. The lowest BCUT2D eigenvalue weighted by Gasteiger charge is -2.10. The molecule has 0 fully saturated rings. The molecule has 6 heteroatoms. The second-order valence-corrected chi connectivity index (χ2v) is 3.40. The van der Waals surface area contributed by atoms with E-state index in [9.17, 15) is 9.59 Å². The molecule has 0 aromatic carbocycles. The summed E-state index contributed by atoms with van der Waals surface area (Å²) in [6, 6.07) is 1.28. The van der Waals surface area contributed by atoms with Crippen LogP contribution in [0.1, 0.15) is 10.4 Å². The number of hydrogen-bond donors (Lipinski definition) is 2. The lowest BCUT2D eigenvalue weighted by atomic mass is 10.2. The van der Waals surface area contributed by atoms with Crippen LogP contribution >= 0.6 is 0 Å². The van der Waals surface area contributed by atoms with Crippen LogP contribution in [-0.4, -0.2) is 47.4 Å². The van der Waals surface area contributed by atoms with Gasteiger partial charge in [0.25, 0.3) is 5.91 Å². The minimum atomic E-state index is -0.446. The molecule has 1 aromatic heterocycles. The molecule has 2 N–H and O–H groups in total. The van der Waals surface area contributed by atoms with Gasteiger partial charge in [-0.3, -0.25) is 14.6 Å². The van der Waals surface area contributed by atoms with E-state index in [-0.39, 0.29) is 23.8 Å². The number of aromatic nitrogens is 1. The normalized spacial score (nSPS) is 9.62. The maximum atomic E-state index is 11.5. The SMILES string of the molecule is CN(C)C(=O)CNC(=O)c1cncc(O)c1. The molecule has 86 valence electrons. The molecule has 0 atom stereocenters. The van der Waals surface area contributed by atoms with Gasteiger partial charge < -0.3 is 15.3 Å². The molecule has 0 radical (unpaired) electrons. The minimum Gasteiger partial charge on any atom is -0.506 e. The third-order valence-electron chi connectivity index (χ3n) is 1.88. The first kappa shape index (κ1) is 12.0. The van der Waals surface area contributed by atoms with Crippen LogP contribution in [0.2, 0.25) is 0 Å². The summed E-state index contributed by atoms with van der Waals surface area (Å²) < 4.78 is 0. The van der Waals surface area contributed by atoms with Gasteiger partial charge in [-0.15, -0.1) is 0 Å². The lowest BCUT2D eigenvalue weighted by molar-refractivity contribution is -0.127. The zero-order valence-corrected chi connectivity index (χ0v) is 9.10. The van der Waals surface area contributed by atoms with Crippen LogP contribution in [0, 0.1) is 0 Å². The fourth-order valence-electron chi connectivity index (χ4n) is 0.968. The second kappa shape index (κ2) is 5.11. The Hall–Kier alpha value is -2.11. The van der Waals surface area contributed by atoms with E-state index in [1.807, 2.05) is 0 Å². The molecule has 1 aromatic rings. The predicted molar refractivity (Wildman–Crippen MR) is 56.9 cm³/mol. The monoisotopic (exact) mass is 223 g/mol. The molecule has 0 unspecified atom stereocenters. The van der Waals surface area contributed by atoms with Gasteiger partial charge >= 0.3 is 0 Å². The number of carbonyl (C=O) groups excluding carboxylic acids is 2. The Morgan fingerprint density at radius 1 is 1.44 bits per heavy atom. The maximum absolute atomic E-state index is 11.5. The van der Waals surface area contributed by atoms with E-state index in [4.69, 9.17) is 5.11 Å². The Balaban J connectivity index is 2.57. The van der Waals surface area contributed by atoms with Crippen LogP contribution in [0.3, 0.4) is 0 Å². The average Bonchev–Trinajstić information content (AvgIpc) is 2.25. The van der Waals surface area contributed by atoms with Gasteiger partial charge in [0.15, 0.2) is 0 Å². The molecular weight excluding hydrogens is 210 g/mol. The zero-order chi connectivity index (χ0) is 12.1.